The summed E-state index contributed by atoms with van der Waals surface area (Å²) in [4.78, 5) is 12.2. The molecule has 104 valence electrons. The fourth-order valence-electron chi connectivity index (χ4n) is 2.61. The second kappa shape index (κ2) is 7.59. The number of rotatable bonds is 4. The van der Waals surface area contributed by atoms with Crippen molar-refractivity contribution in [1.82, 2.24) is 5.32 Å². The summed E-state index contributed by atoms with van der Waals surface area (Å²) >= 11 is 1.80. The van der Waals surface area contributed by atoms with E-state index in [0.29, 0.717) is 6.04 Å². The molecule has 19 heavy (non-hydrogen) atoms. The highest BCUT2D eigenvalue weighted by Crippen LogP contribution is 2.18. The first-order chi connectivity index (χ1) is 9.29. The van der Waals surface area contributed by atoms with Crippen LogP contribution in [0.2, 0.25) is 0 Å². The highest BCUT2D eigenvalue weighted by Gasteiger charge is 2.15. The Morgan fingerprint density at radius 2 is 1.79 bits per heavy atom. The second-order valence-corrected chi connectivity index (χ2v) is 6.16. The molecule has 1 aromatic carbocycles. The number of benzene rings is 1. The number of carbonyl (C=O) groups excluding carboxylic acids is 1. The Kier molecular flexibility index (Phi) is 5.77. The first kappa shape index (κ1) is 14.4. The lowest BCUT2D eigenvalue weighted by atomic mass is 10.1. The van der Waals surface area contributed by atoms with Crippen molar-refractivity contribution in [2.24, 2.45) is 0 Å². The van der Waals surface area contributed by atoms with E-state index >= 15 is 0 Å². The summed E-state index contributed by atoms with van der Waals surface area (Å²) in [6.45, 7) is 0. The van der Waals surface area contributed by atoms with Crippen LogP contribution in [0.3, 0.4) is 0 Å². The molecule has 0 radical (unpaired) electrons. The molecular formula is C16H23NOS. The van der Waals surface area contributed by atoms with Gasteiger partial charge in [-0.15, -0.1) is 0 Å². The molecule has 1 aliphatic rings. The van der Waals surface area contributed by atoms with E-state index in [1.54, 1.807) is 11.8 Å². The van der Waals surface area contributed by atoms with Crippen LogP contribution < -0.4 is 5.32 Å². The van der Waals surface area contributed by atoms with Crippen molar-refractivity contribution in [1.29, 1.82) is 0 Å². The first-order valence-electron chi connectivity index (χ1n) is 7.18. The SMILES string of the molecule is CSCc1ccc(C(=O)NC2CCCCCC2)cc1. The summed E-state index contributed by atoms with van der Waals surface area (Å²) < 4.78 is 0. The molecule has 0 atom stereocenters. The first-order valence-corrected chi connectivity index (χ1v) is 8.57. The van der Waals surface area contributed by atoms with Gasteiger partial charge in [-0.1, -0.05) is 37.8 Å². The molecule has 1 aliphatic carbocycles. The Balaban J connectivity index is 1.91. The van der Waals surface area contributed by atoms with E-state index in [2.05, 4.69) is 23.7 Å². The summed E-state index contributed by atoms with van der Waals surface area (Å²) in [6.07, 6.45) is 9.49. The zero-order valence-corrected chi connectivity index (χ0v) is 12.5. The van der Waals surface area contributed by atoms with Gasteiger partial charge in [0.1, 0.15) is 0 Å². The Morgan fingerprint density at radius 3 is 2.37 bits per heavy atom. The topological polar surface area (TPSA) is 29.1 Å². The maximum atomic E-state index is 12.2. The maximum Gasteiger partial charge on any atom is 0.251 e. The Bertz CT molecular complexity index is 394. The van der Waals surface area contributed by atoms with E-state index in [-0.39, 0.29) is 5.91 Å². The van der Waals surface area contributed by atoms with Crippen LogP contribution in [0.25, 0.3) is 0 Å². The Morgan fingerprint density at radius 1 is 1.16 bits per heavy atom. The van der Waals surface area contributed by atoms with Crippen LogP contribution in [-0.2, 0) is 5.75 Å². The molecule has 0 aliphatic heterocycles. The van der Waals surface area contributed by atoms with Gasteiger partial charge in [-0.25, -0.2) is 0 Å². The molecule has 3 heteroatoms. The third-order valence-corrected chi connectivity index (χ3v) is 4.34. The van der Waals surface area contributed by atoms with E-state index in [1.165, 1.54) is 31.2 Å². The van der Waals surface area contributed by atoms with E-state index in [9.17, 15) is 4.79 Å². The molecular weight excluding hydrogens is 254 g/mol. The molecule has 2 rings (SSSR count). The molecule has 0 saturated heterocycles. The monoisotopic (exact) mass is 277 g/mol. The van der Waals surface area contributed by atoms with Crippen LogP contribution in [-0.4, -0.2) is 18.2 Å². The second-order valence-electron chi connectivity index (χ2n) is 5.29. The van der Waals surface area contributed by atoms with Gasteiger partial charge in [0.15, 0.2) is 0 Å². The lowest BCUT2D eigenvalue weighted by Crippen LogP contribution is -2.34. The van der Waals surface area contributed by atoms with Crippen molar-refractivity contribution < 1.29 is 4.79 Å². The van der Waals surface area contributed by atoms with Crippen LogP contribution in [0.1, 0.15) is 54.4 Å². The zero-order chi connectivity index (χ0) is 13.5. The van der Waals surface area contributed by atoms with Crippen molar-refractivity contribution in [2.45, 2.75) is 50.3 Å². The van der Waals surface area contributed by atoms with Crippen molar-refractivity contribution in [3.8, 4) is 0 Å². The fraction of sp³-hybridized carbons (Fsp3) is 0.562. The Hall–Kier alpha value is -0.960. The molecule has 1 amide bonds. The van der Waals surface area contributed by atoms with Crippen LogP contribution in [0.15, 0.2) is 24.3 Å². The van der Waals surface area contributed by atoms with Gasteiger partial charge in [0.05, 0.1) is 0 Å². The van der Waals surface area contributed by atoms with Crippen molar-refractivity contribution in [3.63, 3.8) is 0 Å². The lowest BCUT2D eigenvalue weighted by Gasteiger charge is -2.16. The summed E-state index contributed by atoms with van der Waals surface area (Å²) in [5, 5.41) is 3.18. The van der Waals surface area contributed by atoms with Gasteiger partial charge in [-0.3, -0.25) is 4.79 Å². The van der Waals surface area contributed by atoms with Gasteiger partial charge in [-0.2, -0.15) is 11.8 Å². The highest BCUT2D eigenvalue weighted by molar-refractivity contribution is 7.97. The average Bonchev–Trinajstić information content (AvgIpc) is 2.68. The summed E-state index contributed by atoms with van der Waals surface area (Å²) in [7, 11) is 0. The molecule has 0 bridgehead atoms. The number of nitrogens with one attached hydrogen (secondary N) is 1. The summed E-state index contributed by atoms with van der Waals surface area (Å²) in [5.74, 6) is 1.09. The van der Waals surface area contributed by atoms with Crippen LogP contribution in [0.5, 0.6) is 0 Å². The quantitative estimate of drug-likeness (QED) is 0.843. The Labute approximate surface area is 120 Å². The standard InChI is InChI=1S/C16H23NOS/c1-19-12-13-8-10-14(11-9-13)16(18)17-15-6-4-2-3-5-7-15/h8-11,15H,2-7,12H2,1H3,(H,17,18). The third-order valence-electron chi connectivity index (χ3n) is 3.72. The highest BCUT2D eigenvalue weighted by atomic mass is 32.2. The van der Waals surface area contributed by atoms with Crippen molar-refractivity contribution in [2.75, 3.05) is 6.26 Å². The van der Waals surface area contributed by atoms with Gasteiger partial charge in [0.25, 0.3) is 5.91 Å². The minimum atomic E-state index is 0.0857. The largest absolute Gasteiger partial charge is 0.349 e. The molecule has 1 N–H and O–H groups in total. The van der Waals surface area contributed by atoms with E-state index in [4.69, 9.17) is 0 Å². The van der Waals surface area contributed by atoms with E-state index in [1.807, 2.05) is 12.1 Å². The lowest BCUT2D eigenvalue weighted by molar-refractivity contribution is 0.0933. The van der Waals surface area contributed by atoms with Crippen molar-refractivity contribution in [3.05, 3.63) is 35.4 Å². The molecule has 1 aromatic rings. The number of amides is 1. The van der Waals surface area contributed by atoms with Gasteiger partial charge in [-0.05, 0) is 36.8 Å². The van der Waals surface area contributed by atoms with Gasteiger partial charge in [0.2, 0.25) is 0 Å². The van der Waals surface area contributed by atoms with Gasteiger partial charge >= 0.3 is 0 Å². The van der Waals surface area contributed by atoms with Gasteiger partial charge in [0, 0.05) is 17.4 Å². The molecule has 2 nitrogen and oxygen atoms in total. The van der Waals surface area contributed by atoms with E-state index in [0.717, 1.165) is 24.2 Å². The number of carbonyl (C=O) groups is 1. The molecule has 0 spiro atoms. The molecule has 0 unspecified atom stereocenters. The molecule has 1 fully saturated rings. The van der Waals surface area contributed by atoms with Crippen molar-refractivity contribution >= 4 is 17.7 Å². The minimum absolute atomic E-state index is 0.0857. The third kappa shape index (κ3) is 4.57. The van der Waals surface area contributed by atoms with Crippen LogP contribution in [0, 0.1) is 0 Å². The smallest absolute Gasteiger partial charge is 0.251 e. The summed E-state index contributed by atoms with van der Waals surface area (Å²) in [6, 6.07) is 8.37. The number of thioether (sulfide) groups is 1. The van der Waals surface area contributed by atoms with Crippen LogP contribution in [0.4, 0.5) is 0 Å². The van der Waals surface area contributed by atoms with Gasteiger partial charge < -0.3 is 5.32 Å². The number of hydrogen-bond acceptors (Lipinski definition) is 2. The normalized spacial score (nSPS) is 16.9. The average molecular weight is 277 g/mol. The summed E-state index contributed by atoms with van der Waals surface area (Å²) in [5.41, 5.74) is 2.06. The maximum absolute atomic E-state index is 12.2. The van der Waals surface area contributed by atoms with Crippen LogP contribution >= 0.6 is 11.8 Å². The molecule has 0 aromatic heterocycles. The minimum Gasteiger partial charge on any atom is -0.349 e. The predicted molar refractivity (Wildman–Crippen MR) is 82.6 cm³/mol. The number of hydrogen-bond donors (Lipinski definition) is 1. The van der Waals surface area contributed by atoms with E-state index < -0.39 is 0 Å². The predicted octanol–water partition coefficient (Wildman–Crippen LogP) is 4.00. The molecule has 1 saturated carbocycles. The zero-order valence-electron chi connectivity index (χ0n) is 11.7. The molecule has 0 heterocycles. The fourth-order valence-corrected chi connectivity index (χ4v) is 3.14.